The van der Waals surface area contributed by atoms with E-state index in [1.165, 1.54) is 6.92 Å². The van der Waals surface area contributed by atoms with Crippen LogP contribution in [0.2, 0.25) is 0 Å². The number of aliphatic hydroxyl groups excluding tert-OH is 3. The highest BCUT2D eigenvalue weighted by molar-refractivity contribution is 4.86. The highest BCUT2D eigenvalue weighted by atomic mass is 18.2. The molecule has 0 radical (unpaired) electrons. The molecule has 1 unspecified atom stereocenters. The van der Waals surface area contributed by atoms with Crippen molar-refractivity contribution in [2.45, 2.75) is 37.7 Å². The molecule has 1 rings (SSSR count). The molecule has 0 spiro atoms. The standard InChI is InChI=1S/C6H11FO4/c1-2-4(8)5(9)3(7)6(10)11-2/h2-6,8-10H,1H3/t2-,3+,4-,5-,6?/m0/s1/i7-1. The van der Waals surface area contributed by atoms with Gasteiger partial charge in [-0.3, -0.25) is 0 Å². The van der Waals surface area contributed by atoms with Crippen molar-refractivity contribution in [3.8, 4) is 0 Å². The van der Waals surface area contributed by atoms with Crippen LogP contribution in [0.3, 0.4) is 0 Å². The van der Waals surface area contributed by atoms with Gasteiger partial charge in [0, 0.05) is 0 Å². The SMILES string of the molecule is C[C@@H]1OC(O)[C@H]([18F])[C@H](O)[C@H]1O. The summed E-state index contributed by atoms with van der Waals surface area (Å²) >= 11 is 0. The molecule has 4 nitrogen and oxygen atoms in total. The van der Waals surface area contributed by atoms with E-state index in [0.717, 1.165) is 0 Å². The number of ether oxygens (including phenoxy) is 1. The van der Waals surface area contributed by atoms with Gasteiger partial charge in [-0.05, 0) is 6.92 Å². The Morgan fingerprint density at radius 1 is 1.18 bits per heavy atom. The van der Waals surface area contributed by atoms with Crippen LogP contribution in [-0.4, -0.2) is 46.1 Å². The van der Waals surface area contributed by atoms with Crippen molar-refractivity contribution in [2.24, 2.45) is 0 Å². The molecule has 0 amide bonds. The second-order valence-corrected chi connectivity index (χ2v) is 2.66. The fraction of sp³-hybridized carbons (Fsp3) is 1.00. The molecule has 3 N–H and O–H groups in total. The summed E-state index contributed by atoms with van der Waals surface area (Å²) in [6, 6.07) is 0. The fourth-order valence-corrected chi connectivity index (χ4v) is 1.01. The summed E-state index contributed by atoms with van der Waals surface area (Å²) < 4.78 is 17.2. The lowest BCUT2D eigenvalue weighted by molar-refractivity contribution is -0.261. The Labute approximate surface area is 63.2 Å². The first-order valence-electron chi connectivity index (χ1n) is 3.37. The largest absolute Gasteiger partial charge is 0.388 e. The summed E-state index contributed by atoms with van der Waals surface area (Å²) in [5.74, 6) is 0. The van der Waals surface area contributed by atoms with Crippen molar-refractivity contribution in [2.75, 3.05) is 0 Å². The van der Waals surface area contributed by atoms with Crippen LogP contribution in [0, 0.1) is 0 Å². The number of hydrogen-bond donors (Lipinski definition) is 3. The van der Waals surface area contributed by atoms with Crippen molar-refractivity contribution >= 4 is 0 Å². The fourth-order valence-electron chi connectivity index (χ4n) is 1.01. The van der Waals surface area contributed by atoms with Crippen LogP contribution in [0.1, 0.15) is 6.92 Å². The van der Waals surface area contributed by atoms with E-state index >= 15 is 0 Å². The number of aliphatic hydroxyl groups is 3. The summed E-state index contributed by atoms with van der Waals surface area (Å²) in [5.41, 5.74) is 0. The van der Waals surface area contributed by atoms with Crippen LogP contribution in [0.4, 0.5) is 4.39 Å². The minimum Gasteiger partial charge on any atom is -0.388 e. The minimum absolute atomic E-state index is 0.744. The van der Waals surface area contributed by atoms with E-state index in [4.69, 9.17) is 15.3 Å². The van der Waals surface area contributed by atoms with Gasteiger partial charge in [0.1, 0.15) is 12.2 Å². The van der Waals surface area contributed by atoms with E-state index in [1.54, 1.807) is 0 Å². The van der Waals surface area contributed by atoms with Gasteiger partial charge in [-0.15, -0.1) is 0 Å². The molecule has 5 atom stereocenters. The van der Waals surface area contributed by atoms with Gasteiger partial charge in [0.05, 0.1) is 6.10 Å². The summed E-state index contributed by atoms with van der Waals surface area (Å²) in [7, 11) is 0. The molecule has 1 aliphatic heterocycles. The minimum atomic E-state index is -1.93. The predicted molar refractivity (Wildman–Crippen MR) is 33.5 cm³/mol. The average Bonchev–Trinajstić information content (AvgIpc) is 1.97. The smallest absolute Gasteiger partial charge is 0.189 e. The first kappa shape index (κ1) is 8.86. The molecule has 0 aliphatic carbocycles. The highest BCUT2D eigenvalue weighted by Gasteiger charge is 2.42. The van der Waals surface area contributed by atoms with Crippen LogP contribution in [0.25, 0.3) is 0 Å². The highest BCUT2D eigenvalue weighted by Crippen LogP contribution is 2.21. The second-order valence-electron chi connectivity index (χ2n) is 2.66. The lowest BCUT2D eigenvalue weighted by Crippen LogP contribution is -2.54. The maximum absolute atomic E-state index is 12.6. The Bertz CT molecular complexity index is 129. The summed E-state index contributed by atoms with van der Waals surface area (Å²) in [4.78, 5) is 0. The van der Waals surface area contributed by atoms with Gasteiger partial charge in [0.25, 0.3) is 0 Å². The number of alkyl halides is 1. The monoisotopic (exact) mass is 165 g/mol. The van der Waals surface area contributed by atoms with Crippen molar-refractivity contribution in [3.63, 3.8) is 0 Å². The summed E-state index contributed by atoms with van der Waals surface area (Å²) in [6.45, 7) is 1.45. The Morgan fingerprint density at radius 3 is 2.27 bits per heavy atom. The molecule has 1 aliphatic rings. The molecular weight excluding hydrogens is 154 g/mol. The molecule has 1 saturated heterocycles. The van der Waals surface area contributed by atoms with E-state index in [9.17, 15) is 4.39 Å². The second kappa shape index (κ2) is 3.02. The van der Waals surface area contributed by atoms with E-state index in [2.05, 4.69) is 4.74 Å². The first-order chi connectivity index (χ1) is 5.04. The third kappa shape index (κ3) is 1.51. The Morgan fingerprint density at radius 2 is 1.73 bits per heavy atom. The quantitative estimate of drug-likeness (QED) is 0.421. The lowest BCUT2D eigenvalue weighted by atomic mass is 10.0. The molecule has 1 heterocycles. The van der Waals surface area contributed by atoms with Gasteiger partial charge in [0.2, 0.25) is 0 Å². The Balaban J connectivity index is 2.63. The number of halogens is 1. The van der Waals surface area contributed by atoms with Gasteiger partial charge in [-0.1, -0.05) is 0 Å². The normalized spacial score (nSPS) is 52.6. The van der Waals surface area contributed by atoms with E-state index < -0.39 is 30.8 Å². The topological polar surface area (TPSA) is 69.9 Å². The molecule has 0 saturated carbocycles. The van der Waals surface area contributed by atoms with Gasteiger partial charge in [-0.25, -0.2) is 4.39 Å². The Hall–Kier alpha value is -0.230. The zero-order valence-corrected chi connectivity index (χ0v) is 6.01. The predicted octanol–water partition coefficient (Wildman–Crippen LogP) is -1.22. The zero-order chi connectivity index (χ0) is 8.59. The van der Waals surface area contributed by atoms with Crippen LogP contribution < -0.4 is 0 Å². The zero-order valence-electron chi connectivity index (χ0n) is 6.01. The Kier molecular flexibility index (Phi) is 2.43. The first-order valence-corrected chi connectivity index (χ1v) is 3.37. The van der Waals surface area contributed by atoms with Crippen LogP contribution in [0.15, 0.2) is 0 Å². The molecular formula is C6H11FO4. The third-order valence-corrected chi connectivity index (χ3v) is 1.78. The molecule has 0 aromatic carbocycles. The molecule has 0 aromatic heterocycles. The average molecular weight is 165 g/mol. The van der Waals surface area contributed by atoms with Crippen LogP contribution in [-0.2, 0) is 4.74 Å². The van der Waals surface area contributed by atoms with Crippen molar-refractivity contribution in [3.05, 3.63) is 0 Å². The van der Waals surface area contributed by atoms with Crippen molar-refractivity contribution in [1.82, 2.24) is 0 Å². The molecule has 1 fully saturated rings. The molecule has 0 bridgehead atoms. The van der Waals surface area contributed by atoms with Gasteiger partial charge in [0.15, 0.2) is 12.5 Å². The van der Waals surface area contributed by atoms with Crippen LogP contribution in [0.5, 0.6) is 0 Å². The molecule has 11 heavy (non-hydrogen) atoms. The van der Waals surface area contributed by atoms with E-state index in [-0.39, 0.29) is 0 Å². The van der Waals surface area contributed by atoms with E-state index in [1.807, 2.05) is 0 Å². The van der Waals surface area contributed by atoms with Crippen molar-refractivity contribution < 1.29 is 24.4 Å². The number of rotatable bonds is 0. The molecule has 0 aromatic rings. The number of hydrogen-bond acceptors (Lipinski definition) is 4. The van der Waals surface area contributed by atoms with Gasteiger partial charge in [-0.2, -0.15) is 0 Å². The van der Waals surface area contributed by atoms with Gasteiger partial charge < -0.3 is 20.1 Å². The summed E-state index contributed by atoms with van der Waals surface area (Å²) in [5, 5.41) is 26.7. The van der Waals surface area contributed by atoms with Gasteiger partial charge >= 0.3 is 0 Å². The molecule has 5 heteroatoms. The van der Waals surface area contributed by atoms with Crippen LogP contribution >= 0.6 is 0 Å². The van der Waals surface area contributed by atoms with Crippen molar-refractivity contribution in [1.29, 1.82) is 0 Å². The summed E-state index contributed by atoms with van der Waals surface area (Å²) in [6.07, 6.45) is -7.14. The van der Waals surface area contributed by atoms with E-state index in [0.29, 0.717) is 0 Å². The third-order valence-electron chi connectivity index (χ3n) is 1.78. The molecule has 66 valence electrons. The lowest BCUT2D eigenvalue weighted by Gasteiger charge is -2.35. The maximum atomic E-state index is 12.6. The maximum Gasteiger partial charge on any atom is 0.189 e.